The van der Waals surface area contributed by atoms with Gasteiger partial charge in [-0.1, -0.05) is 43.1 Å². The van der Waals surface area contributed by atoms with Crippen molar-refractivity contribution in [2.45, 2.75) is 44.6 Å². The summed E-state index contributed by atoms with van der Waals surface area (Å²) in [5.41, 5.74) is 1.11. The van der Waals surface area contributed by atoms with Gasteiger partial charge in [-0.15, -0.1) is 0 Å². The maximum absolute atomic E-state index is 13.2. The van der Waals surface area contributed by atoms with E-state index in [0.717, 1.165) is 17.1 Å². The van der Waals surface area contributed by atoms with E-state index in [2.05, 4.69) is 5.32 Å². The highest BCUT2D eigenvalue weighted by Crippen LogP contribution is 2.28. The molecular weight excluding hydrogens is 384 g/mol. The zero-order valence-corrected chi connectivity index (χ0v) is 17.3. The molecule has 0 heterocycles. The van der Waals surface area contributed by atoms with E-state index in [1.54, 1.807) is 43.3 Å². The van der Waals surface area contributed by atoms with Gasteiger partial charge in [0, 0.05) is 11.1 Å². The molecule has 0 unspecified atom stereocenters. The fourth-order valence-electron chi connectivity index (χ4n) is 2.87. The second-order valence-electron chi connectivity index (χ2n) is 6.51. The second-order valence-corrected chi connectivity index (χ2v) is 8.81. The summed E-state index contributed by atoms with van der Waals surface area (Å²) in [5.74, 6) is -0.343. The molecular formula is C20H25ClN2O3S. The summed E-state index contributed by atoms with van der Waals surface area (Å²) in [6.45, 7) is 5.41. The topological polar surface area (TPSA) is 66.5 Å². The normalized spacial score (nSPS) is 12.4. The number of hydrogen-bond acceptors (Lipinski definition) is 3. The number of halogens is 1. The van der Waals surface area contributed by atoms with Gasteiger partial charge in [0.05, 0.1) is 10.6 Å². The Balaban J connectivity index is 2.42. The van der Waals surface area contributed by atoms with Crippen LogP contribution in [-0.2, 0) is 14.8 Å². The van der Waals surface area contributed by atoms with E-state index < -0.39 is 10.0 Å². The molecule has 2 rings (SSSR count). The van der Waals surface area contributed by atoms with Crippen molar-refractivity contribution in [2.75, 3.05) is 10.8 Å². The molecule has 0 saturated carbocycles. The monoisotopic (exact) mass is 408 g/mol. The fourth-order valence-corrected chi connectivity index (χ4v) is 4.61. The third kappa shape index (κ3) is 5.47. The molecule has 7 heteroatoms. The number of benzene rings is 2. The van der Waals surface area contributed by atoms with Crippen molar-refractivity contribution >= 4 is 33.2 Å². The van der Waals surface area contributed by atoms with Crippen LogP contribution in [0.2, 0.25) is 5.02 Å². The molecule has 0 aromatic heterocycles. The molecule has 0 fully saturated rings. The second kappa shape index (κ2) is 9.24. The first-order valence-electron chi connectivity index (χ1n) is 8.89. The lowest BCUT2D eigenvalue weighted by Crippen LogP contribution is -2.43. The molecule has 0 aliphatic carbocycles. The van der Waals surface area contributed by atoms with Gasteiger partial charge in [0.2, 0.25) is 5.91 Å². The highest BCUT2D eigenvalue weighted by atomic mass is 35.5. The first-order valence-corrected chi connectivity index (χ1v) is 10.7. The number of amides is 1. The highest BCUT2D eigenvalue weighted by molar-refractivity contribution is 7.92. The van der Waals surface area contributed by atoms with E-state index in [4.69, 9.17) is 11.6 Å². The van der Waals surface area contributed by atoms with E-state index in [1.165, 1.54) is 12.1 Å². The van der Waals surface area contributed by atoms with Crippen LogP contribution in [-0.4, -0.2) is 26.9 Å². The van der Waals surface area contributed by atoms with Gasteiger partial charge < -0.3 is 5.32 Å². The number of carbonyl (C=O) groups excluding carboxylic acids is 1. The van der Waals surface area contributed by atoms with Gasteiger partial charge in [-0.05, 0) is 56.2 Å². The van der Waals surface area contributed by atoms with Gasteiger partial charge in [-0.25, -0.2) is 8.42 Å². The third-order valence-electron chi connectivity index (χ3n) is 4.18. The molecule has 0 radical (unpaired) electrons. The van der Waals surface area contributed by atoms with Crippen LogP contribution in [0.15, 0.2) is 53.4 Å². The Morgan fingerprint density at radius 2 is 1.85 bits per heavy atom. The summed E-state index contributed by atoms with van der Waals surface area (Å²) in [7, 11) is -3.90. The van der Waals surface area contributed by atoms with Gasteiger partial charge in [0.1, 0.15) is 6.54 Å². The van der Waals surface area contributed by atoms with Crippen molar-refractivity contribution in [3.8, 4) is 0 Å². The summed E-state index contributed by atoms with van der Waals surface area (Å²) in [4.78, 5) is 12.7. The smallest absolute Gasteiger partial charge is 0.264 e. The standard InChI is InChI=1S/C20H25ClN2O3S/c1-4-8-16(3)22-20(24)14-23(19-12-11-17(21)13-15(19)2)27(25,26)18-9-6-5-7-10-18/h5-7,9-13,16H,4,8,14H2,1-3H3,(H,22,24)/t16-/m0/s1. The van der Waals surface area contributed by atoms with Crippen LogP contribution < -0.4 is 9.62 Å². The Labute approximate surface area is 166 Å². The molecule has 0 spiro atoms. The first kappa shape index (κ1) is 21.3. The molecule has 5 nitrogen and oxygen atoms in total. The number of nitrogens with one attached hydrogen (secondary N) is 1. The lowest BCUT2D eigenvalue weighted by atomic mass is 10.2. The van der Waals surface area contributed by atoms with Crippen molar-refractivity contribution in [3.63, 3.8) is 0 Å². The summed E-state index contributed by atoms with van der Waals surface area (Å²) in [5, 5.41) is 3.37. The number of nitrogens with zero attached hydrogens (tertiary/aromatic N) is 1. The summed E-state index contributed by atoms with van der Waals surface area (Å²) in [6, 6.07) is 13.0. The molecule has 1 amide bonds. The predicted octanol–water partition coefficient (Wildman–Crippen LogP) is 4.15. The van der Waals surface area contributed by atoms with Crippen LogP contribution >= 0.6 is 11.6 Å². The Morgan fingerprint density at radius 1 is 1.19 bits per heavy atom. The SMILES string of the molecule is CCC[C@H](C)NC(=O)CN(c1ccc(Cl)cc1C)S(=O)(=O)c1ccccc1. The first-order chi connectivity index (χ1) is 12.8. The number of hydrogen-bond donors (Lipinski definition) is 1. The molecule has 0 bridgehead atoms. The van der Waals surface area contributed by atoms with E-state index in [9.17, 15) is 13.2 Å². The largest absolute Gasteiger partial charge is 0.352 e. The quantitative estimate of drug-likeness (QED) is 0.713. The van der Waals surface area contributed by atoms with E-state index >= 15 is 0 Å². The van der Waals surface area contributed by atoms with E-state index in [-0.39, 0.29) is 23.4 Å². The Kier molecular flexibility index (Phi) is 7.27. The van der Waals surface area contributed by atoms with Crippen molar-refractivity contribution < 1.29 is 13.2 Å². The lowest BCUT2D eigenvalue weighted by molar-refractivity contribution is -0.120. The Bertz CT molecular complexity index is 885. The predicted molar refractivity (Wildman–Crippen MR) is 110 cm³/mol. The van der Waals surface area contributed by atoms with Crippen molar-refractivity contribution in [1.82, 2.24) is 5.32 Å². The van der Waals surface area contributed by atoms with Crippen LogP contribution in [0.5, 0.6) is 0 Å². The van der Waals surface area contributed by atoms with Gasteiger partial charge in [-0.2, -0.15) is 0 Å². The molecule has 2 aromatic rings. The average molecular weight is 409 g/mol. The highest BCUT2D eigenvalue weighted by Gasteiger charge is 2.28. The molecule has 27 heavy (non-hydrogen) atoms. The summed E-state index contributed by atoms with van der Waals surface area (Å²) >= 11 is 6.01. The molecule has 0 saturated heterocycles. The Morgan fingerprint density at radius 3 is 2.44 bits per heavy atom. The molecule has 0 aliphatic heterocycles. The minimum absolute atomic E-state index is 0.0184. The number of rotatable bonds is 8. The van der Waals surface area contributed by atoms with Gasteiger partial charge >= 0.3 is 0 Å². The van der Waals surface area contributed by atoms with Gasteiger partial charge in [0.15, 0.2) is 0 Å². The van der Waals surface area contributed by atoms with Crippen LogP contribution in [0.25, 0.3) is 0 Å². The van der Waals surface area contributed by atoms with Crippen molar-refractivity contribution in [1.29, 1.82) is 0 Å². The summed E-state index contributed by atoms with van der Waals surface area (Å²) in [6.07, 6.45) is 1.76. The van der Waals surface area contributed by atoms with Crippen LogP contribution in [0.3, 0.4) is 0 Å². The van der Waals surface area contributed by atoms with E-state index in [1.807, 2.05) is 13.8 Å². The zero-order chi connectivity index (χ0) is 20.0. The lowest BCUT2D eigenvalue weighted by Gasteiger charge is -2.26. The van der Waals surface area contributed by atoms with E-state index in [0.29, 0.717) is 16.3 Å². The third-order valence-corrected chi connectivity index (χ3v) is 6.18. The summed E-state index contributed by atoms with van der Waals surface area (Å²) < 4.78 is 27.6. The van der Waals surface area contributed by atoms with Crippen molar-refractivity contribution in [3.05, 3.63) is 59.1 Å². The zero-order valence-electron chi connectivity index (χ0n) is 15.8. The molecule has 1 atom stereocenters. The molecule has 146 valence electrons. The molecule has 2 aromatic carbocycles. The number of aryl methyl sites for hydroxylation is 1. The maximum Gasteiger partial charge on any atom is 0.264 e. The fraction of sp³-hybridized carbons (Fsp3) is 0.350. The average Bonchev–Trinajstić information content (AvgIpc) is 2.61. The van der Waals surface area contributed by atoms with Crippen LogP contribution in [0.1, 0.15) is 32.3 Å². The molecule has 1 N–H and O–H groups in total. The maximum atomic E-state index is 13.2. The Hall–Kier alpha value is -2.05. The van der Waals surface area contributed by atoms with Crippen molar-refractivity contribution in [2.24, 2.45) is 0 Å². The van der Waals surface area contributed by atoms with Crippen LogP contribution in [0.4, 0.5) is 5.69 Å². The van der Waals surface area contributed by atoms with Crippen LogP contribution in [0, 0.1) is 6.92 Å². The van der Waals surface area contributed by atoms with Gasteiger partial charge in [0.25, 0.3) is 10.0 Å². The van der Waals surface area contributed by atoms with Gasteiger partial charge in [-0.3, -0.25) is 9.10 Å². The molecule has 0 aliphatic rings. The minimum atomic E-state index is -3.90. The number of sulfonamides is 1. The minimum Gasteiger partial charge on any atom is -0.352 e. The number of anilines is 1. The number of carbonyl (C=O) groups is 1.